The summed E-state index contributed by atoms with van der Waals surface area (Å²) in [4.78, 5) is 40.8. The quantitative estimate of drug-likeness (QED) is 0.496. The predicted octanol–water partition coefficient (Wildman–Crippen LogP) is -1.24. The molecule has 8 heteroatoms. The Labute approximate surface area is 146 Å². The van der Waals surface area contributed by atoms with E-state index in [-0.39, 0.29) is 30.4 Å². The van der Waals surface area contributed by atoms with Gasteiger partial charge in [0.15, 0.2) is 0 Å². The van der Waals surface area contributed by atoms with Crippen LogP contribution in [-0.4, -0.2) is 85.2 Å². The summed E-state index contributed by atoms with van der Waals surface area (Å²) < 4.78 is 11.4. The Bertz CT molecular complexity index is 636. The first-order valence-electron chi connectivity index (χ1n) is 8.85. The van der Waals surface area contributed by atoms with Crippen molar-refractivity contribution in [1.29, 1.82) is 0 Å². The zero-order chi connectivity index (χ0) is 17.6. The van der Waals surface area contributed by atoms with Gasteiger partial charge in [0.1, 0.15) is 5.60 Å². The molecule has 0 aliphatic carbocycles. The molecule has 1 spiro atoms. The second-order valence-electron chi connectivity index (χ2n) is 6.97. The van der Waals surface area contributed by atoms with Gasteiger partial charge >= 0.3 is 0 Å². The summed E-state index contributed by atoms with van der Waals surface area (Å²) in [5.74, 6) is -1.41. The smallest absolute Gasteiger partial charge is 0.239 e. The van der Waals surface area contributed by atoms with Gasteiger partial charge in [-0.1, -0.05) is 12.2 Å². The molecule has 0 aromatic rings. The number of fused-ring (bicyclic) bond motifs is 1. The van der Waals surface area contributed by atoms with E-state index in [1.165, 1.54) is 0 Å². The predicted molar refractivity (Wildman–Crippen MR) is 86.4 cm³/mol. The molecule has 3 amide bonds. The summed E-state index contributed by atoms with van der Waals surface area (Å²) in [6.07, 6.45) is 3.45. The molecule has 4 rings (SSSR count). The molecular weight excluding hydrogens is 326 g/mol. The number of amides is 3. The number of likely N-dealkylation sites (tertiary alicyclic amines) is 1. The summed E-state index contributed by atoms with van der Waals surface area (Å²) in [7, 11) is 0. The van der Waals surface area contributed by atoms with Gasteiger partial charge in [-0.2, -0.15) is 0 Å². The molecule has 136 valence electrons. The second-order valence-corrected chi connectivity index (χ2v) is 6.97. The van der Waals surface area contributed by atoms with Gasteiger partial charge in [0.25, 0.3) is 0 Å². The third-order valence-corrected chi connectivity index (χ3v) is 5.52. The van der Waals surface area contributed by atoms with E-state index in [1.807, 2.05) is 19.1 Å². The summed E-state index contributed by atoms with van der Waals surface area (Å²) in [5, 5.41) is 2.71. The number of carbonyl (C=O) groups is 3. The van der Waals surface area contributed by atoms with Gasteiger partial charge in [-0.15, -0.1) is 0 Å². The van der Waals surface area contributed by atoms with E-state index in [2.05, 4.69) is 5.32 Å². The Hall–Kier alpha value is -1.93. The number of hydrogen-bond acceptors (Lipinski definition) is 5. The molecule has 0 unspecified atom stereocenters. The van der Waals surface area contributed by atoms with Crippen LogP contribution in [0.5, 0.6) is 0 Å². The van der Waals surface area contributed by atoms with Crippen molar-refractivity contribution >= 4 is 17.7 Å². The molecule has 0 aromatic carbocycles. The molecule has 3 fully saturated rings. The lowest BCUT2D eigenvalue weighted by atomic mass is 9.76. The molecule has 0 aromatic heterocycles. The van der Waals surface area contributed by atoms with Gasteiger partial charge in [-0.25, -0.2) is 0 Å². The van der Waals surface area contributed by atoms with Gasteiger partial charge < -0.3 is 24.6 Å². The molecule has 8 nitrogen and oxygen atoms in total. The highest BCUT2D eigenvalue weighted by Crippen LogP contribution is 2.52. The maximum Gasteiger partial charge on any atom is 0.239 e. The van der Waals surface area contributed by atoms with Gasteiger partial charge in [0, 0.05) is 26.2 Å². The molecule has 4 aliphatic rings. The van der Waals surface area contributed by atoms with Crippen molar-refractivity contribution < 1.29 is 23.9 Å². The van der Waals surface area contributed by atoms with Crippen LogP contribution >= 0.6 is 0 Å². The number of carbonyl (C=O) groups excluding carboxylic acids is 3. The van der Waals surface area contributed by atoms with Crippen molar-refractivity contribution in [1.82, 2.24) is 15.1 Å². The van der Waals surface area contributed by atoms with Gasteiger partial charge in [0.05, 0.1) is 37.6 Å². The minimum Gasteiger partial charge on any atom is -0.380 e. The van der Waals surface area contributed by atoms with Crippen LogP contribution in [0, 0.1) is 11.8 Å². The van der Waals surface area contributed by atoms with Crippen LogP contribution in [0.3, 0.4) is 0 Å². The highest BCUT2D eigenvalue weighted by molar-refractivity contribution is 5.94. The standard InChI is InChI=1S/C17H23N3O5/c1-2-24-8-7-20-10-17-4-3-11(25-17)13(14(17)16(20)23)15(22)19-6-5-18-12(21)9-19/h3-4,11,13-14H,2,5-10H2,1H3,(H,18,21)/t11-,13-,14+,17-/m0/s1. The van der Waals surface area contributed by atoms with E-state index in [9.17, 15) is 14.4 Å². The largest absolute Gasteiger partial charge is 0.380 e. The van der Waals surface area contributed by atoms with E-state index >= 15 is 0 Å². The van der Waals surface area contributed by atoms with E-state index in [0.717, 1.165) is 0 Å². The van der Waals surface area contributed by atoms with E-state index in [0.29, 0.717) is 39.4 Å². The average molecular weight is 349 g/mol. The maximum absolute atomic E-state index is 13.0. The highest BCUT2D eigenvalue weighted by Gasteiger charge is 2.67. The summed E-state index contributed by atoms with van der Waals surface area (Å²) in [6.45, 7) is 4.92. The maximum atomic E-state index is 13.0. The Balaban J connectivity index is 1.53. The summed E-state index contributed by atoms with van der Waals surface area (Å²) >= 11 is 0. The third kappa shape index (κ3) is 2.55. The fourth-order valence-corrected chi connectivity index (χ4v) is 4.41. The zero-order valence-corrected chi connectivity index (χ0v) is 14.3. The first-order valence-corrected chi connectivity index (χ1v) is 8.85. The molecule has 25 heavy (non-hydrogen) atoms. The van der Waals surface area contributed by atoms with Crippen LogP contribution in [0.1, 0.15) is 6.92 Å². The number of hydrogen-bond donors (Lipinski definition) is 1. The van der Waals surface area contributed by atoms with Crippen LogP contribution in [-0.2, 0) is 23.9 Å². The topological polar surface area (TPSA) is 88.2 Å². The molecule has 0 radical (unpaired) electrons. The highest BCUT2D eigenvalue weighted by atomic mass is 16.5. The Morgan fingerprint density at radius 2 is 2.32 bits per heavy atom. The van der Waals surface area contributed by atoms with Crippen LogP contribution < -0.4 is 5.32 Å². The van der Waals surface area contributed by atoms with Crippen LogP contribution in [0.4, 0.5) is 0 Å². The Morgan fingerprint density at radius 3 is 3.08 bits per heavy atom. The van der Waals surface area contributed by atoms with E-state index < -0.39 is 17.4 Å². The van der Waals surface area contributed by atoms with Crippen molar-refractivity contribution in [3.05, 3.63) is 12.2 Å². The minimum atomic E-state index is -0.702. The number of ether oxygens (including phenoxy) is 2. The lowest BCUT2D eigenvalue weighted by Crippen LogP contribution is -2.54. The lowest BCUT2D eigenvalue weighted by molar-refractivity contribution is -0.146. The number of rotatable bonds is 5. The average Bonchev–Trinajstić information content (AvgIpc) is 3.23. The molecule has 2 bridgehead atoms. The van der Waals surface area contributed by atoms with Crippen molar-refractivity contribution in [2.24, 2.45) is 11.8 Å². The van der Waals surface area contributed by atoms with E-state index in [1.54, 1.807) is 9.80 Å². The fourth-order valence-electron chi connectivity index (χ4n) is 4.41. The van der Waals surface area contributed by atoms with E-state index in [4.69, 9.17) is 9.47 Å². The van der Waals surface area contributed by atoms with Crippen LogP contribution in [0.2, 0.25) is 0 Å². The molecule has 4 aliphatic heterocycles. The summed E-state index contributed by atoms with van der Waals surface area (Å²) in [5.41, 5.74) is -0.702. The molecule has 1 N–H and O–H groups in total. The molecule has 3 saturated heterocycles. The summed E-state index contributed by atoms with van der Waals surface area (Å²) in [6, 6.07) is 0. The number of piperazine rings is 1. The van der Waals surface area contributed by atoms with Crippen LogP contribution in [0.15, 0.2) is 12.2 Å². The molecule has 4 atom stereocenters. The zero-order valence-electron chi connectivity index (χ0n) is 14.3. The molecule has 4 heterocycles. The van der Waals surface area contributed by atoms with Crippen molar-refractivity contribution in [2.45, 2.75) is 18.6 Å². The molecular formula is C17H23N3O5. The van der Waals surface area contributed by atoms with Gasteiger partial charge in [0.2, 0.25) is 17.7 Å². The van der Waals surface area contributed by atoms with Gasteiger partial charge in [-0.3, -0.25) is 14.4 Å². The molecule has 0 saturated carbocycles. The number of nitrogens with one attached hydrogen (secondary N) is 1. The number of nitrogens with zero attached hydrogens (tertiary/aromatic N) is 2. The van der Waals surface area contributed by atoms with Crippen molar-refractivity contribution in [2.75, 3.05) is 45.9 Å². The Morgan fingerprint density at radius 1 is 1.48 bits per heavy atom. The first kappa shape index (κ1) is 16.5. The van der Waals surface area contributed by atoms with Crippen LogP contribution in [0.25, 0.3) is 0 Å². The van der Waals surface area contributed by atoms with Crippen molar-refractivity contribution in [3.8, 4) is 0 Å². The third-order valence-electron chi connectivity index (χ3n) is 5.52. The SMILES string of the molecule is CCOCCN1C[C@]23C=C[C@H](O2)[C@H](C(=O)N2CCNC(=O)C2)[C@@H]3C1=O. The van der Waals surface area contributed by atoms with Crippen molar-refractivity contribution in [3.63, 3.8) is 0 Å². The fraction of sp³-hybridized carbons (Fsp3) is 0.706. The normalized spacial score (nSPS) is 36.1. The first-order chi connectivity index (χ1) is 12.1. The second kappa shape index (κ2) is 6.10. The lowest BCUT2D eigenvalue weighted by Gasteiger charge is -2.32. The van der Waals surface area contributed by atoms with Gasteiger partial charge in [-0.05, 0) is 6.92 Å². The monoisotopic (exact) mass is 349 g/mol. The minimum absolute atomic E-state index is 0.0493. The Kier molecular flexibility index (Phi) is 4.04.